The van der Waals surface area contributed by atoms with Crippen LogP contribution in [-0.2, 0) is 28.5 Å². The van der Waals surface area contributed by atoms with Gasteiger partial charge in [-0.25, -0.2) is 4.79 Å². The molecule has 2 saturated heterocycles. The molecule has 5 aliphatic carbocycles. The fraction of sp³-hybridized carbons (Fsp3) is 0.902. The highest BCUT2D eigenvalue weighted by Crippen LogP contribution is 2.76. The van der Waals surface area contributed by atoms with Gasteiger partial charge in [-0.1, -0.05) is 60.1 Å². The predicted molar refractivity (Wildman–Crippen MR) is 192 cm³/mol. The molecule has 13 heteroatoms. The molecule has 2 heterocycles. The Morgan fingerprint density at radius 2 is 1.43 bits per heavy atom. The van der Waals surface area contributed by atoms with Crippen LogP contribution in [0.15, 0.2) is 11.6 Å². The van der Waals surface area contributed by atoms with Crippen LogP contribution < -0.4 is 0 Å². The van der Waals surface area contributed by atoms with Gasteiger partial charge in [-0.2, -0.15) is 0 Å². The third kappa shape index (κ3) is 5.88. The number of rotatable bonds is 6. The van der Waals surface area contributed by atoms with Crippen LogP contribution in [0.3, 0.4) is 0 Å². The van der Waals surface area contributed by atoms with Crippen molar-refractivity contribution >= 4 is 11.9 Å². The van der Waals surface area contributed by atoms with Gasteiger partial charge < -0.3 is 54.7 Å². The molecule has 6 fully saturated rings. The number of ether oxygens (including phenoxy) is 4. The zero-order valence-corrected chi connectivity index (χ0v) is 32.9. The molecule has 0 bridgehead atoms. The van der Waals surface area contributed by atoms with Crippen LogP contribution in [0.4, 0.5) is 0 Å². The lowest BCUT2D eigenvalue weighted by atomic mass is 9.33. The summed E-state index contributed by atoms with van der Waals surface area (Å²) in [6.07, 6.45) is -4.32. The molecular formula is C41H64O13. The zero-order valence-electron chi connectivity index (χ0n) is 32.9. The Morgan fingerprint density at radius 3 is 2.09 bits per heavy atom. The van der Waals surface area contributed by atoms with Crippen molar-refractivity contribution in [3.05, 3.63) is 11.6 Å². The summed E-state index contributed by atoms with van der Waals surface area (Å²) in [4.78, 5) is 25.4. The molecule has 2 aliphatic heterocycles. The van der Waals surface area contributed by atoms with Crippen LogP contribution in [0.2, 0.25) is 0 Å². The SMILES string of the molecule is CC1(C)CC[C@]2(C(=O)O)CC[C@]3(C)C(=CC[C@@H]4[C@@]5(C)CC[C@H](O[C@@H]6O[C@H](C(=O)O)[C@@H](O[C@@H]7OC[C@H](O)[C@H](O)[C@H]7O)[C@H](O)[C@H]6O)C(C)(C)[C@@H]5CC[C@]43C)[C@@H]2C1. The summed E-state index contributed by atoms with van der Waals surface area (Å²) in [5.41, 5.74) is 0.156. The summed E-state index contributed by atoms with van der Waals surface area (Å²) >= 11 is 0. The van der Waals surface area contributed by atoms with Gasteiger partial charge in [0, 0.05) is 0 Å². The maximum atomic E-state index is 13.0. The van der Waals surface area contributed by atoms with E-state index in [1.165, 1.54) is 5.57 Å². The second-order valence-electron chi connectivity index (χ2n) is 20.3. The molecule has 7 N–H and O–H groups in total. The summed E-state index contributed by atoms with van der Waals surface area (Å²) < 4.78 is 23.2. The normalized spacial score (nSPS) is 52.4. The molecule has 54 heavy (non-hydrogen) atoms. The molecule has 0 radical (unpaired) electrons. The minimum atomic E-state index is -1.80. The van der Waals surface area contributed by atoms with Crippen molar-refractivity contribution in [3.63, 3.8) is 0 Å². The molecular weight excluding hydrogens is 700 g/mol. The molecule has 13 nitrogen and oxygen atoms in total. The van der Waals surface area contributed by atoms with Crippen LogP contribution in [0, 0.1) is 50.2 Å². The molecule has 306 valence electrons. The first-order chi connectivity index (χ1) is 25.0. The first-order valence-corrected chi connectivity index (χ1v) is 20.2. The minimum Gasteiger partial charge on any atom is -0.481 e. The Bertz CT molecular complexity index is 1510. The molecule has 7 aliphatic rings. The molecule has 0 aromatic heterocycles. The van der Waals surface area contributed by atoms with Gasteiger partial charge in [0.15, 0.2) is 18.7 Å². The summed E-state index contributed by atoms with van der Waals surface area (Å²) in [5.74, 6) is -1.50. The number of hydrogen-bond acceptors (Lipinski definition) is 11. The van der Waals surface area contributed by atoms with Crippen molar-refractivity contribution in [2.75, 3.05) is 6.61 Å². The molecule has 0 amide bonds. The Morgan fingerprint density at radius 1 is 0.759 bits per heavy atom. The first-order valence-electron chi connectivity index (χ1n) is 20.2. The molecule has 0 unspecified atom stereocenters. The van der Waals surface area contributed by atoms with Crippen LogP contribution in [0.5, 0.6) is 0 Å². The summed E-state index contributed by atoms with van der Waals surface area (Å²) in [5, 5.41) is 73.5. The number of fused-ring (bicyclic) bond motifs is 7. The highest BCUT2D eigenvalue weighted by atomic mass is 16.7. The van der Waals surface area contributed by atoms with Crippen molar-refractivity contribution < 1.29 is 64.3 Å². The van der Waals surface area contributed by atoms with E-state index >= 15 is 0 Å². The summed E-state index contributed by atoms with van der Waals surface area (Å²) in [6.45, 7) is 15.9. The largest absolute Gasteiger partial charge is 0.481 e. The lowest BCUT2D eigenvalue weighted by Gasteiger charge is -2.71. The van der Waals surface area contributed by atoms with Gasteiger partial charge in [-0.3, -0.25) is 4.79 Å². The third-order valence-corrected chi connectivity index (χ3v) is 16.8. The van der Waals surface area contributed by atoms with E-state index in [-0.39, 0.29) is 33.5 Å². The quantitative estimate of drug-likeness (QED) is 0.152. The average molecular weight is 765 g/mol. The number of aliphatic hydroxyl groups is 5. The number of carboxylic acids is 2. The lowest BCUT2D eigenvalue weighted by molar-refractivity contribution is -0.354. The van der Waals surface area contributed by atoms with Crippen molar-refractivity contribution in [3.8, 4) is 0 Å². The van der Waals surface area contributed by atoms with Gasteiger partial charge in [-0.05, 0) is 109 Å². The van der Waals surface area contributed by atoms with Gasteiger partial charge in [0.05, 0.1) is 18.1 Å². The second-order valence-corrected chi connectivity index (χ2v) is 20.3. The van der Waals surface area contributed by atoms with Gasteiger partial charge >= 0.3 is 11.9 Å². The van der Waals surface area contributed by atoms with Gasteiger partial charge in [0.25, 0.3) is 0 Å². The van der Waals surface area contributed by atoms with Crippen molar-refractivity contribution in [1.29, 1.82) is 0 Å². The monoisotopic (exact) mass is 764 g/mol. The van der Waals surface area contributed by atoms with E-state index in [1.54, 1.807) is 0 Å². The molecule has 17 atom stereocenters. The predicted octanol–water partition coefficient (Wildman–Crippen LogP) is 3.61. The third-order valence-electron chi connectivity index (χ3n) is 16.8. The Hall–Kier alpha value is -1.68. The zero-order chi connectivity index (χ0) is 39.6. The number of allylic oxidation sites excluding steroid dienone is 2. The van der Waals surface area contributed by atoms with Gasteiger partial charge in [0.1, 0.15) is 36.6 Å². The smallest absolute Gasteiger partial charge is 0.335 e. The van der Waals surface area contributed by atoms with E-state index in [4.69, 9.17) is 18.9 Å². The molecule has 4 saturated carbocycles. The fourth-order valence-corrected chi connectivity index (χ4v) is 13.4. The van der Waals surface area contributed by atoms with Crippen molar-refractivity contribution in [2.45, 2.75) is 174 Å². The van der Waals surface area contributed by atoms with Gasteiger partial charge in [-0.15, -0.1) is 0 Å². The van der Waals surface area contributed by atoms with E-state index < -0.39 is 90.8 Å². The Labute approximate surface area is 318 Å². The number of aliphatic carboxylic acids is 2. The lowest BCUT2D eigenvalue weighted by Crippen LogP contribution is -2.66. The van der Waals surface area contributed by atoms with Crippen molar-refractivity contribution in [1.82, 2.24) is 0 Å². The standard InChI is InChI=1S/C41H64O13/c1-36(2)14-16-41(35(49)50)17-15-39(6)20(21(41)18-36)8-9-24-38(5)12-11-25(37(3,4)23(38)10-13-40(24,39)7)52-34-29(46)27(44)30(31(54-34)32(47)48)53-33-28(45)26(43)22(42)19-51-33/h8,21-31,33-34,42-46H,9-19H2,1-7H3,(H,47,48)(H,49,50)/t21-,22-,23-,24+,25-,26-,27+,28+,29+,30-,31-,33-,34+,38-,39+,40+,41-/m0/s1. The number of aliphatic hydroxyl groups excluding tert-OH is 5. The minimum absolute atomic E-state index is 0.0291. The summed E-state index contributed by atoms with van der Waals surface area (Å²) in [6, 6.07) is 0. The first kappa shape index (κ1) is 40.5. The Kier molecular flexibility index (Phi) is 10.1. The highest BCUT2D eigenvalue weighted by molar-refractivity contribution is 5.76. The van der Waals surface area contributed by atoms with E-state index in [9.17, 15) is 45.3 Å². The number of carboxylic acid groups (broad SMARTS) is 2. The maximum Gasteiger partial charge on any atom is 0.335 e. The van der Waals surface area contributed by atoms with Gasteiger partial charge in [0.2, 0.25) is 0 Å². The summed E-state index contributed by atoms with van der Waals surface area (Å²) in [7, 11) is 0. The molecule has 7 rings (SSSR count). The molecule has 0 spiro atoms. The fourth-order valence-electron chi connectivity index (χ4n) is 13.4. The topological polar surface area (TPSA) is 213 Å². The number of hydrogen-bond donors (Lipinski definition) is 7. The van der Waals surface area contributed by atoms with Crippen LogP contribution >= 0.6 is 0 Å². The second kappa shape index (κ2) is 13.4. The maximum absolute atomic E-state index is 13.0. The van der Waals surface area contributed by atoms with Crippen LogP contribution in [-0.4, -0.2) is 116 Å². The highest BCUT2D eigenvalue weighted by Gasteiger charge is 2.69. The van der Waals surface area contributed by atoms with Crippen molar-refractivity contribution in [2.24, 2.45) is 50.2 Å². The average Bonchev–Trinajstić information content (AvgIpc) is 3.08. The van der Waals surface area contributed by atoms with Crippen LogP contribution in [0.25, 0.3) is 0 Å². The van der Waals surface area contributed by atoms with E-state index in [0.717, 1.165) is 51.4 Å². The Balaban J connectivity index is 1.10. The van der Waals surface area contributed by atoms with E-state index in [2.05, 4.69) is 54.5 Å². The molecule has 0 aromatic rings. The van der Waals surface area contributed by atoms with E-state index in [0.29, 0.717) is 18.8 Å². The van der Waals surface area contributed by atoms with Crippen LogP contribution in [0.1, 0.15) is 113 Å². The number of carbonyl (C=O) groups is 2. The molecule has 0 aromatic carbocycles. The van der Waals surface area contributed by atoms with E-state index in [1.807, 2.05) is 0 Å².